The first-order valence-electron chi connectivity index (χ1n) is 8.52. The number of halogens is 1. The molecule has 0 unspecified atom stereocenters. The van der Waals surface area contributed by atoms with E-state index in [0.29, 0.717) is 18.7 Å². The molecule has 1 aromatic rings. The van der Waals surface area contributed by atoms with Crippen LogP contribution >= 0.6 is 24.0 Å². The van der Waals surface area contributed by atoms with Gasteiger partial charge in [0, 0.05) is 38.8 Å². The Morgan fingerprint density at radius 1 is 1.20 bits per heavy atom. The molecule has 0 atom stereocenters. The summed E-state index contributed by atoms with van der Waals surface area (Å²) in [6.07, 6.45) is 2.41. The number of hydrogen-bond acceptors (Lipinski definition) is 3. The topological polar surface area (TPSA) is 66.0 Å². The van der Waals surface area contributed by atoms with Crippen LogP contribution in [0.5, 0.6) is 5.75 Å². The van der Waals surface area contributed by atoms with E-state index in [1.165, 1.54) is 12.8 Å². The summed E-state index contributed by atoms with van der Waals surface area (Å²) in [5.41, 5.74) is 0.630. The number of nitrogens with zero attached hydrogens (tertiary/aromatic N) is 2. The van der Waals surface area contributed by atoms with E-state index >= 15 is 0 Å². The normalized spacial score (nSPS) is 15.3. The van der Waals surface area contributed by atoms with Gasteiger partial charge >= 0.3 is 0 Å². The third-order valence-corrected chi connectivity index (χ3v) is 4.34. The molecule has 0 bridgehead atoms. The minimum atomic E-state index is -0.0822. The molecule has 1 aromatic carbocycles. The van der Waals surface area contributed by atoms with Crippen LogP contribution < -0.4 is 15.4 Å². The van der Waals surface area contributed by atoms with E-state index < -0.39 is 0 Å². The lowest BCUT2D eigenvalue weighted by Crippen LogP contribution is -2.47. The first-order chi connectivity index (χ1) is 11.6. The number of aliphatic imine (C=N–C) groups is 1. The van der Waals surface area contributed by atoms with Gasteiger partial charge in [0.05, 0.1) is 7.11 Å². The number of guanidine groups is 1. The summed E-state index contributed by atoms with van der Waals surface area (Å²) >= 11 is 0. The van der Waals surface area contributed by atoms with E-state index in [1.807, 2.05) is 0 Å². The van der Waals surface area contributed by atoms with E-state index in [2.05, 4.69) is 27.4 Å². The van der Waals surface area contributed by atoms with Crippen molar-refractivity contribution in [3.8, 4) is 5.75 Å². The zero-order valence-electron chi connectivity index (χ0n) is 15.2. The highest BCUT2D eigenvalue weighted by Gasteiger charge is 2.18. The van der Waals surface area contributed by atoms with Gasteiger partial charge in [-0.05, 0) is 43.0 Å². The van der Waals surface area contributed by atoms with Crippen LogP contribution in [0.2, 0.25) is 0 Å². The van der Waals surface area contributed by atoms with Gasteiger partial charge in [-0.15, -0.1) is 24.0 Å². The summed E-state index contributed by atoms with van der Waals surface area (Å²) in [4.78, 5) is 18.7. The van der Waals surface area contributed by atoms with Gasteiger partial charge in [-0.25, -0.2) is 0 Å². The van der Waals surface area contributed by atoms with E-state index in [0.717, 1.165) is 30.7 Å². The van der Waals surface area contributed by atoms with E-state index in [4.69, 9.17) is 4.74 Å². The Hall–Kier alpha value is -1.51. The number of carbonyl (C=O) groups is 1. The Morgan fingerprint density at radius 3 is 2.36 bits per heavy atom. The summed E-state index contributed by atoms with van der Waals surface area (Å²) in [5, 5.41) is 6.23. The smallest absolute Gasteiger partial charge is 0.251 e. The maximum atomic E-state index is 12.1. The monoisotopic (exact) mass is 460 g/mol. The number of piperidine rings is 1. The molecule has 0 spiro atoms. The van der Waals surface area contributed by atoms with Crippen molar-refractivity contribution >= 4 is 35.8 Å². The summed E-state index contributed by atoms with van der Waals surface area (Å²) in [6, 6.07) is 7.09. The fourth-order valence-corrected chi connectivity index (χ4v) is 2.75. The Kier molecular flexibility index (Phi) is 9.62. The fourth-order valence-electron chi connectivity index (χ4n) is 2.75. The molecule has 1 saturated heterocycles. The lowest BCUT2D eigenvalue weighted by molar-refractivity contribution is 0.0954. The third-order valence-electron chi connectivity index (χ3n) is 4.34. The maximum absolute atomic E-state index is 12.1. The van der Waals surface area contributed by atoms with Crippen molar-refractivity contribution in [1.82, 2.24) is 15.5 Å². The Bertz CT molecular complexity index is 555. The molecule has 0 saturated carbocycles. The number of rotatable bonds is 5. The number of ether oxygens (including phenoxy) is 1. The van der Waals surface area contributed by atoms with Crippen LogP contribution in [0.15, 0.2) is 29.3 Å². The van der Waals surface area contributed by atoms with Gasteiger partial charge in [0.2, 0.25) is 0 Å². The molecule has 0 aromatic heterocycles. The molecule has 0 radical (unpaired) electrons. The molecule has 1 amide bonds. The van der Waals surface area contributed by atoms with Crippen molar-refractivity contribution in [3.05, 3.63) is 29.8 Å². The second-order valence-corrected chi connectivity index (χ2v) is 6.13. The molecule has 1 aliphatic rings. The van der Waals surface area contributed by atoms with E-state index in [9.17, 15) is 4.79 Å². The molecule has 6 nitrogen and oxygen atoms in total. The van der Waals surface area contributed by atoms with Gasteiger partial charge < -0.3 is 20.3 Å². The standard InChI is InChI=1S/C18H28N4O2.HI/c1-14-8-12-22(13-9-14)18(19-2)21-11-10-20-17(23)15-4-6-16(24-3)7-5-15;/h4-7,14H,8-13H2,1-3H3,(H,19,21)(H,20,23);1H. The van der Waals surface area contributed by atoms with Crippen LogP contribution in [0.3, 0.4) is 0 Å². The number of amides is 1. The van der Waals surface area contributed by atoms with Gasteiger partial charge in [0.25, 0.3) is 5.91 Å². The summed E-state index contributed by atoms with van der Waals surface area (Å²) < 4.78 is 5.09. The average molecular weight is 460 g/mol. The molecule has 7 heteroatoms. The van der Waals surface area contributed by atoms with Crippen molar-refractivity contribution < 1.29 is 9.53 Å². The van der Waals surface area contributed by atoms with Gasteiger partial charge in [-0.2, -0.15) is 0 Å². The van der Waals surface area contributed by atoms with Crippen LogP contribution in [-0.4, -0.2) is 57.1 Å². The Labute approximate surface area is 167 Å². The van der Waals surface area contributed by atoms with Crippen molar-refractivity contribution in [2.75, 3.05) is 40.3 Å². The molecule has 1 aliphatic heterocycles. The van der Waals surface area contributed by atoms with Gasteiger partial charge in [0.15, 0.2) is 5.96 Å². The first-order valence-corrected chi connectivity index (χ1v) is 8.52. The minimum absolute atomic E-state index is 0. The van der Waals surface area contributed by atoms with Crippen LogP contribution in [-0.2, 0) is 0 Å². The number of carbonyl (C=O) groups excluding carboxylic acids is 1. The Balaban J connectivity index is 0.00000312. The predicted octanol–water partition coefficient (Wildman–Crippen LogP) is 2.35. The molecular weight excluding hydrogens is 431 g/mol. The zero-order chi connectivity index (χ0) is 17.4. The van der Waals surface area contributed by atoms with E-state index in [-0.39, 0.29) is 29.9 Å². The Morgan fingerprint density at radius 2 is 1.80 bits per heavy atom. The molecule has 1 fully saturated rings. The highest BCUT2D eigenvalue weighted by molar-refractivity contribution is 14.0. The highest BCUT2D eigenvalue weighted by atomic mass is 127. The van der Waals surface area contributed by atoms with Crippen LogP contribution in [0.1, 0.15) is 30.1 Å². The lowest BCUT2D eigenvalue weighted by Gasteiger charge is -2.32. The molecule has 140 valence electrons. The molecule has 2 rings (SSSR count). The lowest BCUT2D eigenvalue weighted by atomic mass is 10.00. The van der Waals surface area contributed by atoms with Crippen molar-refractivity contribution in [2.24, 2.45) is 10.9 Å². The number of nitrogens with one attached hydrogen (secondary N) is 2. The van der Waals surface area contributed by atoms with Gasteiger partial charge in [-0.1, -0.05) is 6.92 Å². The SMILES string of the molecule is CN=C(NCCNC(=O)c1ccc(OC)cc1)N1CCC(C)CC1.I. The molecular formula is C18H29IN4O2. The van der Waals surface area contributed by atoms with Crippen LogP contribution in [0.4, 0.5) is 0 Å². The number of hydrogen-bond donors (Lipinski definition) is 2. The average Bonchev–Trinajstić information content (AvgIpc) is 2.62. The van der Waals surface area contributed by atoms with Crippen molar-refractivity contribution in [3.63, 3.8) is 0 Å². The second-order valence-electron chi connectivity index (χ2n) is 6.13. The number of likely N-dealkylation sites (tertiary alicyclic amines) is 1. The number of methoxy groups -OCH3 is 1. The van der Waals surface area contributed by atoms with Crippen LogP contribution in [0.25, 0.3) is 0 Å². The molecule has 1 heterocycles. The van der Waals surface area contributed by atoms with E-state index in [1.54, 1.807) is 38.4 Å². The van der Waals surface area contributed by atoms with Gasteiger partial charge in [0.1, 0.15) is 5.75 Å². The maximum Gasteiger partial charge on any atom is 0.251 e. The van der Waals surface area contributed by atoms with Crippen molar-refractivity contribution in [2.45, 2.75) is 19.8 Å². The first kappa shape index (κ1) is 21.5. The predicted molar refractivity (Wildman–Crippen MR) is 112 cm³/mol. The highest BCUT2D eigenvalue weighted by Crippen LogP contribution is 2.15. The molecule has 0 aliphatic carbocycles. The summed E-state index contributed by atoms with van der Waals surface area (Å²) in [7, 11) is 3.41. The largest absolute Gasteiger partial charge is 0.497 e. The molecule has 25 heavy (non-hydrogen) atoms. The quantitative estimate of drug-likeness (QED) is 0.307. The van der Waals surface area contributed by atoms with Gasteiger partial charge in [-0.3, -0.25) is 9.79 Å². The minimum Gasteiger partial charge on any atom is -0.497 e. The number of benzene rings is 1. The fraction of sp³-hybridized carbons (Fsp3) is 0.556. The zero-order valence-corrected chi connectivity index (χ0v) is 17.6. The van der Waals surface area contributed by atoms with Crippen molar-refractivity contribution in [1.29, 1.82) is 0 Å². The third kappa shape index (κ3) is 6.72. The van der Waals surface area contributed by atoms with Crippen LogP contribution in [0, 0.1) is 5.92 Å². The summed E-state index contributed by atoms with van der Waals surface area (Å²) in [5.74, 6) is 2.37. The second kappa shape index (κ2) is 11.2. The summed E-state index contributed by atoms with van der Waals surface area (Å²) in [6.45, 7) is 5.58. The molecule has 2 N–H and O–H groups in total.